The van der Waals surface area contributed by atoms with Gasteiger partial charge in [-0.1, -0.05) is 12.1 Å². The topological polar surface area (TPSA) is 78.2 Å². The summed E-state index contributed by atoms with van der Waals surface area (Å²) in [4.78, 5) is 24.7. The standard InChI is InChI=1S/C24H24N4O4S/c1-30-22-11-17(4-5-21(22)32-19-6-9-31-16-19)13-28(14-18-3-2-7-25-12-18)23(29)20-15-27-8-10-33-24(27)26-20/h2-5,7-8,10-12,15,19H,6,9,13-14,16H2,1H3/t19-/m0/s1. The van der Waals surface area contributed by atoms with E-state index < -0.39 is 0 Å². The molecule has 0 N–H and O–H groups in total. The van der Waals surface area contributed by atoms with Crippen molar-refractivity contribution in [3.05, 3.63) is 77.3 Å². The monoisotopic (exact) mass is 464 g/mol. The van der Waals surface area contributed by atoms with E-state index in [1.54, 1.807) is 30.6 Å². The first-order valence-electron chi connectivity index (χ1n) is 10.7. The Bertz CT molecular complexity index is 1210. The van der Waals surface area contributed by atoms with Gasteiger partial charge in [-0.05, 0) is 29.3 Å². The molecule has 1 aliphatic heterocycles. The number of methoxy groups -OCH3 is 1. The summed E-state index contributed by atoms with van der Waals surface area (Å²) in [6.07, 6.45) is 8.05. The van der Waals surface area contributed by atoms with Crippen molar-refractivity contribution >= 4 is 22.2 Å². The Morgan fingerprint density at radius 1 is 1.27 bits per heavy atom. The fourth-order valence-electron chi connectivity index (χ4n) is 3.82. The summed E-state index contributed by atoms with van der Waals surface area (Å²) in [5.74, 6) is 1.17. The highest BCUT2D eigenvalue weighted by Gasteiger charge is 2.22. The van der Waals surface area contributed by atoms with Crippen LogP contribution in [0.25, 0.3) is 4.96 Å². The fraction of sp³-hybridized carbons (Fsp3) is 0.292. The molecule has 9 heteroatoms. The van der Waals surface area contributed by atoms with Crippen molar-refractivity contribution in [2.45, 2.75) is 25.6 Å². The Morgan fingerprint density at radius 3 is 2.94 bits per heavy atom. The number of fused-ring (bicyclic) bond motifs is 1. The van der Waals surface area contributed by atoms with Gasteiger partial charge in [0.25, 0.3) is 5.91 Å². The third kappa shape index (κ3) is 4.84. The van der Waals surface area contributed by atoms with Gasteiger partial charge in [-0.25, -0.2) is 4.98 Å². The zero-order valence-electron chi connectivity index (χ0n) is 18.2. The maximum absolute atomic E-state index is 13.4. The molecule has 0 radical (unpaired) electrons. The Hall–Kier alpha value is -3.43. The molecular weight excluding hydrogens is 440 g/mol. The van der Waals surface area contributed by atoms with Gasteiger partial charge >= 0.3 is 0 Å². The van der Waals surface area contributed by atoms with Crippen molar-refractivity contribution in [2.75, 3.05) is 20.3 Å². The number of pyridine rings is 1. The molecule has 4 heterocycles. The molecule has 5 rings (SSSR count). The normalized spacial score (nSPS) is 15.6. The number of hydrogen-bond donors (Lipinski definition) is 0. The molecule has 4 aromatic rings. The van der Waals surface area contributed by atoms with E-state index in [0.717, 1.165) is 22.5 Å². The first-order chi connectivity index (χ1) is 16.2. The van der Waals surface area contributed by atoms with E-state index in [1.807, 2.05) is 46.3 Å². The Balaban J connectivity index is 1.40. The van der Waals surface area contributed by atoms with Crippen molar-refractivity contribution in [1.29, 1.82) is 0 Å². The molecule has 1 fully saturated rings. The van der Waals surface area contributed by atoms with Crippen molar-refractivity contribution in [2.24, 2.45) is 0 Å². The highest BCUT2D eigenvalue weighted by Crippen LogP contribution is 2.31. The average Bonchev–Trinajstić information content (AvgIpc) is 3.58. The van der Waals surface area contributed by atoms with Gasteiger partial charge in [-0.15, -0.1) is 11.3 Å². The lowest BCUT2D eigenvalue weighted by Crippen LogP contribution is -2.30. The van der Waals surface area contributed by atoms with E-state index in [1.165, 1.54) is 11.3 Å². The molecular formula is C24H24N4O4S. The highest BCUT2D eigenvalue weighted by molar-refractivity contribution is 7.15. The van der Waals surface area contributed by atoms with E-state index in [-0.39, 0.29) is 12.0 Å². The van der Waals surface area contributed by atoms with Crippen LogP contribution in [0.5, 0.6) is 11.5 Å². The summed E-state index contributed by atoms with van der Waals surface area (Å²) in [6.45, 7) is 2.10. The van der Waals surface area contributed by atoms with Crippen LogP contribution in [0.1, 0.15) is 28.0 Å². The summed E-state index contributed by atoms with van der Waals surface area (Å²) in [6, 6.07) is 9.60. The smallest absolute Gasteiger partial charge is 0.274 e. The average molecular weight is 465 g/mol. The molecule has 0 spiro atoms. The maximum Gasteiger partial charge on any atom is 0.274 e. The molecule has 0 bridgehead atoms. The van der Waals surface area contributed by atoms with E-state index in [9.17, 15) is 4.79 Å². The number of hydrogen-bond acceptors (Lipinski definition) is 7. The number of benzene rings is 1. The molecule has 170 valence electrons. The largest absolute Gasteiger partial charge is 0.493 e. The van der Waals surface area contributed by atoms with Crippen molar-refractivity contribution in [3.8, 4) is 11.5 Å². The quantitative estimate of drug-likeness (QED) is 0.395. The zero-order chi connectivity index (χ0) is 22.6. The lowest BCUT2D eigenvalue weighted by atomic mass is 10.1. The number of imidazole rings is 1. The minimum atomic E-state index is -0.142. The summed E-state index contributed by atoms with van der Waals surface area (Å²) in [7, 11) is 1.62. The van der Waals surface area contributed by atoms with Gasteiger partial charge in [0.1, 0.15) is 11.8 Å². The predicted molar refractivity (Wildman–Crippen MR) is 124 cm³/mol. The molecule has 1 aromatic carbocycles. The van der Waals surface area contributed by atoms with Gasteiger partial charge in [0.05, 0.1) is 20.3 Å². The van der Waals surface area contributed by atoms with Gasteiger partial charge in [0, 0.05) is 49.7 Å². The Labute approximate surface area is 195 Å². The first-order valence-corrected chi connectivity index (χ1v) is 11.6. The number of nitrogens with zero attached hydrogens (tertiary/aromatic N) is 4. The van der Waals surface area contributed by atoms with Gasteiger partial charge < -0.3 is 19.1 Å². The van der Waals surface area contributed by atoms with Crippen LogP contribution in [0.2, 0.25) is 0 Å². The summed E-state index contributed by atoms with van der Waals surface area (Å²) in [5, 5.41) is 1.94. The summed E-state index contributed by atoms with van der Waals surface area (Å²) in [5.41, 5.74) is 2.29. The number of ether oxygens (including phenoxy) is 3. The van der Waals surface area contributed by atoms with Crippen LogP contribution in [0.4, 0.5) is 0 Å². The van der Waals surface area contributed by atoms with Gasteiger partial charge in [0.15, 0.2) is 16.5 Å². The van der Waals surface area contributed by atoms with Crippen LogP contribution in [-0.2, 0) is 17.8 Å². The molecule has 8 nitrogen and oxygen atoms in total. The van der Waals surface area contributed by atoms with Crippen molar-refractivity contribution in [3.63, 3.8) is 0 Å². The summed E-state index contributed by atoms with van der Waals surface area (Å²) >= 11 is 1.50. The van der Waals surface area contributed by atoms with Crippen molar-refractivity contribution < 1.29 is 19.0 Å². The van der Waals surface area contributed by atoms with E-state index in [2.05, 4.69) is 9.97 Å². The fourth-order valence-corrected chi connectivity index (χ4v) is 4.52. The number of carbonyl (C=O) groups is 1. The summed E-state index contributed by atoms with van der Waals surface area (Å²) < 4.78 is 18.9. The van der Waals surface area contributed by atoms with E-state index in [4.69, 9.17) is 14.2 Å². The van der Waals surface area contributed by atoms with Crippen LogP contribution in [0.3, 0.4) is 0 Å². The Kier molecular flexibility index (Phi) is 6.23. The van der Waals surface area contributed by atoms with Crippen LogP contribution < -0.4 is 9.47 Å². The van der Waals surface area contributed by atoms with Crippen LogP contribution in [0.15, 0.2) is 60.5 Å². The molecule has 1 atom stereocenters. The van der Waals surface area contributed by atoms with Crippen LogP contribution in [0, 0.1) is 0 Å². The second-order valence-corrected chi connectivity index (χ2v) is 8.70. The Morgan fingerprint density at radius 2 is 2.18 bits per heavy atom. The molecule has 1 aliphatic rings. The predicted octanol–water partition coefficient (Wildman–Crippen LogP) is 3.81. The first kappa shape index (κ1) is 21.4. The van der Waals surface area contributed by atoms with E-state index in [0.29, 0.717) is 43.5 Å². The van der Waals surface area contributed by atoms with Gasteiger partial charge in [-0.3, -0.25) is 14.2 Å². The SMILES string of the molecule is COc1cc(CN(Cc2cccnc2)C(=O)c2cn3ccsc3n2)ccc1O[C@H]1CCOC1. The molecule has 0 saturated carbocycles. The lowest BCUT2D eigenvalue weighted by Gasteiger charge is -2.23. The lowest BCUT2D eigenvalue weighted by molar-refractivity contribution is 0.0724. The molecule has 0 aliphatic carbocycles. The minimum absolute atomic E-state index is 0.0307. The molecule has 0 unspecified atom stereocenters. The van der Waals surface area contributed by atoms with E-state index >= 15 is 0 Å². The zero-order valence-corrected chi connectivity index (χ0v) is 19.0. The number of aromatic nitrogens is 3. The minimum Gasteiger partial charge on any atom is -0.493 e. The number of amides is 1. The maximum atomic E-state index is 13.4. The third-order valence-electron chi connectivity index (χ3n) is 5.48. The van der Waals surface area contributed by atoms with Crippen LogP contribution >= 0.6 is 11.3 Å². The molecule has 3 aromatic heterocycles. The number of rotatable bonds is 8. The molecule has 1 saturated heterocycles. The number of carbonyl (C=O) groups excluding carboxylic acids is 1. The molecule has 1 amide bonds. The van der Waals surface area contributed by atoms with Crippen molar-refractivity contribution in [1.82, 2.24) is 19.3 Å². The second kappa shape index (κ2) is 9.60. The van der Waals surface area contributed by atoms with Crippen LogP contribution in [-0.4, -0.2) is 51.6 Å². The van der Waals surface area contributed by atoms with Gasteiger partial charge in [0.2, 0.25) is 0 Å². The van der Waals surface area contributed by atoms with Gasteiger partial charge in [-0.2, -0.15) is 0 Å². The third-order valence-corrected chi connectivity index (χ3v) is 6.25. The number of thiazole rings is 1. The second-order valence-electron chi connectivity index (χ2n) is 7.83. The molecule has 33 heavy (non-hydrogen) atoms. The highest BCUT2D eigenvalue weighted by atomic mass is 32.1.